The average molecular weight is 354 g/mol. The van der Waals surface area contributed by atoms with E-state index in [1.165, 1.54) is 4.88 Å². The number of nitrogens with one attached hydrogen (secondary N) is 1. The number of fused-ring (bicyclic) bond motifs is 1. The lowest BCUT2D eigenvalue weighted by molar-refractivity contribution is -0.122. The summed E-state index contributed by atoms with van der Waals surface area (Å²) in [5.74, 6) is 1.10. The van der Waals surface area contributed by atoms with Crippen LogP contribution in [0.2, 0.25) is 0 Å². The van der Waals surface area contributed by atoms with Crippen LogP contribution in [0.1, 0.15) is 42.7 Å². The zero-order chi connectivity index (χ0) is 17.8. The lowest BCUT2D eigenvalue weighted by Crippen LogP contribution is -2.32. The van der Waals surface area contributed by atoms with Crippen molar-refractivity contribution in [3.63, 3.8) is 0 Å². The minimum absolute atomic E-state index is 0.200. The molecule has 4 nitrogen and oxygen atoms in total. The third-order valence-corrected chi connectivity index (χ3v) is 5.71. The SMILES string of the molecule is CC[C@H](Oc1ccccc1)C(=O)Nc1sc2c(c1C#N)CC[C@@H](C)C2. The number of rotatable bonds is 5. The van der Waals surface area contributed by atoms with Gasteiger partial charge in [0.25, 0.3) is 5.91 Å². The van der Waals surface area contributed by atoms with Gasteiger partial charge in [-0.3, -0.25) is 4.79 Å². The van der Waals surface area contributed by atoms with E-state index in [0.29, 0.717) is 28.7 Å². The summed E-state index contributed by atoms with van der Waals surface area (Å²) in [6.07, 6.45) is 2.99. The van der Waals surface area contributed by atoms with Gasteiger partial charge in [0.2, 0.25) is 0 Å². The van der Waals surface area contributed by atoms with E-state index < -0.39 is 6.10 Å². The van der Waals surface area contributed by atoms with E-state index in [0.717, 1.165) is 24.8 Å². The molecule has 2 aromatic rings. The molecule has 3 rings (SSSR count). The lowest BCUT2D eigenvalue weighted by Gasteiger charge is -2.17. The van der Waals surface area contributed by atoms with Crippen molar-refractivity contribution < 1.29 is 9.53 Å². The molecule has 5 heteroatoms. The van der Waals surface area contributed by atoms with Gasteiger partial charge < -0.3 is 10.1 Å². The van der Waals surface area contributed by atoms with Gasteiger partial charge in [-0.2, -0.15) is 5.26 Å². The maximum atomic E-state index is 12.7. The smallest absolute Gasteiger partial charge is 0.266 e. The zero-order valence-corrected chi connectivity index (χ0v) is 15.4. The predicted molar refractivity (Wildman–Crippen MR) is 100 cm³/mol. The quantitative estimate of drug-likeness (QED) is 0.857. The Bertz CT molecular complexity index is 792. The minimum atomic E-state index is -0.577. The van der Waals surface area contributed by atoms with Gasteiger partial charge in [-0.25, -0.2) is 0 Å². The Balaban J connectivity index is 1.77. The molecule has 1 aromatic carbocycles. The van der Waals surface area contributed by atoms with Gasteiger partial charge in [0.05, 0.1) is 5.56 Å². The third kappa shape index (κ3) is 3.85. The number of nitriles is 1. The topological polar surface area (TPSA) is 62.1 Å². The molecular formula is C20H22N2O2S. The van der Waals surface area contributed by atoms with Gasteiger partial charge >= 0.3 is 0 Å². The van der Waals surface area contributed by atoms with Crippen LogP contribution in [0.3, 0.4) is 0 Å². The Morgan fingerprint density at radius 3 is 2.88 bits per heavy atom. The molecular weight excluding hydrogens is 332 g/mol. The molecule has 0 bridgehead atoms. The van der Waals surface area contributed by atoms with Crippen LogP contribution in [-0.4, -0.2) is 12.0 Å². The second kappa shape index (κ2) is 7.71. The molecule has 1 aliphatic rings. The summed E-state index contributed by atoms with van der Waals surface area (Å²) in [5.41, 5.74) is 1.76. The van der Waals surface area contributed by atoms with Gasteiger partial charge in [0.1, 0.15) is 16.8 Å². The molecule has 0 saturated carbocycles. The molecule has 1 N–H and O–H groups in total. The van der Waals surface area contributed by atoms with E-state index in [-0.39, 0.29) is 5.91 Å². The van der Waals surface area contributed by atoms with Crippen LogP contribution in [-0.2, 0) is 17.6 Å². The first kappa shape index (κ1) is 17.5. The normalized spacial score (nSPS) is 17.2. The molecule has 1 heterocycles. The number of amides is 1. The van der Waals surface area contributed by atoms with Crippen LogP contribution in [0.4, 0.5) is 5.00 Å². The maximum Gasteiger partial charge on any atom is 0.266 e. The molecule has 1 aromatic heterocycles. The molecule has 0 spiro atoms. The van der Waals surface area contributed by atoms with E-state index in [1.807, 2.05) is 37.3 Å². The summed E-state index contributed by atoms with van der Waals surface area (Å²) in [7, 11) is 0. The Hall–Kier alpha value is -2.32. The molecule has 0 fully saturated rings. The van der Waals surface area contributed by atoms with Crippen molar-refractivity contribution in [1.29, 1.82) is 5.26 Å². The highest BCUT2D eigenvalue weighted by molar-refractivity contribution is 7.16. The Kier molecular flexibility index (Phi) is 5.40. The van der Waals surface area contributed by atoms with Gasteiger partial charge in [-0.1, -0.05) is 32.0 Å². The Morgan fingerprint density at radius 2 is 2.20 bits per heavy atom. The van der Waals surface area contributed by atoms with Gasteiger partial charge in [0, 0.05) is 4.88 Å². The molecule has 2 atom stereocenters. The van der Waals surface area contributed by atoms with Crippen molar-refractivity contribution in [2.75, 3.05) is 5.32 Å². The minimum Gasteiger partial charge on any atom is -0.481 e. The number of carbonyl (C=O) groups excluding carboxylic acids is 1. The van der Waals surface area contributed by atoms with Crippen LogP contribution < -0.4 is 10.1 Å². The number of para-hydroxylation sites is 1. The zero-order valence-electron chi connectivity index (χ0n) is 14.5. The second-order valence-electron chi connectivity index (χ2n) is 6.48. The van der Waals surface area contributed by atoms with E-state index in [4.69, 9.17) is 4.74 Å². The van der Waals surface area contributed by atoms with Crippen LogP contribution in [0, 0.1) is 17.2 Å². The number of nitrogens with zero attached hydrogens (tertiary/aromatic N) is 1. The summed E-state index contributed by atoms with van der Waals surface area (Å²) in [5, 5.41) is 13.2. The monoisotopic (exact) mass is 354 g/mol. The van der Waals surface area contributed by atoms with Crippen molar-refractivity contribution in [1.82, 2.24) is 0 Å². The first-order valence-corrected chi connectivity index (χ1v) is 9.51. The van der Waals surface area contributed by atoms with Gasteiger partial charge in [-0.15, -0.1) is 11.3 Å². The van der Waals surface area contributed by atoms with Crippen molar-refractivity contribution in [3.05, 3.63) is 46.3 Å². The number of anilines is 1. The van der Waals surface area contributed by atoms with Crippen LogP contribution in [0.5, 0.6) is 5.75 Å². The third-order valence-electron chi connectivity index (χ3n) is 4.54. The first-order chi connectivity index (χ1) is 12.1. The molecule has 0 radical (unpaired) electrons. The number of hydrogen-bond donors (Lipinski definition) is 1. The maximum absolute atomic E-state index is 12.7. The molecule has 0 saturated heterocycles. The summed E-state index contributed by atoms with van der Waals surface area (Å²) in [6.45, 7) is 4.15. The van der Waals surface area contributed by atoms with E-state index in [2.05, 4.69) is 18.3 Å². The highest BCUT2D eigenvalue weighted by atomic mass is 32.1. The fourth-order valence-electron chi connectivity index (χ4n) is 3.14. The average Bonchev–Trinajstić information content (AvgIpc) is 2.96. The molecule has 1 aliphatic carbocycles. The fraction of sp³-hybridized carbons (Fsp3) is 0.400. The Labute approximate surface area is 152 Å². The van der Waals surface area contributed by atoms with Gasteiger partial charge in [0.15, 0.2) is 6.10 Å². The summed E-state index contributed by atoms with van der Waals surface area (Å²) in [6, 6.07) is 11.6. The highest BCUT2D eigenvalue weighted by Crippen LogP contribution is 2.39. The summed E-state index contributed by atoms with van der Waals surface area (Å²) in [4.78, 5) is 13.9. The van der Waals surface area contributed by atoms with Crippen LogP contribution >= 0.6 is 11.3 Å². The number of thiophene rings is 1. The molecule has 25 heavy (non-hydrogen) atoms. The molecule has 0 unspecified atom stereocenters. The van der Waals surface area contributed by atoms with Gasteiger partial charge in [-0.05, 0) is 49.3 Å². The standard InChI is InChI=1S/C20H22N2O2S/c1-3-17(24-14-7-5-4-6-8-14)19(23)22-20-16(12-21)15-10-9-13(2)11-18(15)25-20/h4-8,13,17H,3,9-11H2,1-2H3,(H,22,23)/t13-,17+/m1/s1. The number of carbonyl (C=O) groups is 1. The lowest BCUT2D eigenvalue weighted by atomic mass is 9.88. The number of ether oxygens (including phenoxy) is 1. The molecule has 1 amide bonds. The summed E-state index contributed by atoms with van der Waals surface area (Å²) >= 11 is 1.54. The van der Waals surface area contributed by atoms with Crippen molar-refractivity contribution >= 4 is 22.2 Å². The second-order valence-corrected chi connectivity index (χ2v) is 7.59. The highest BCUT2D eigenvalue weighted by Gasteiger charge is 2.26. The number of benzene rings is 1. The molecule has 0 aliphatic heterocycles. The Morgan fingerprint density at radius 1 is 1.44 bits per heavy atom. The molecule has 130 valence electrons. The first-order valence-electron chi connectivity index (χ1n) is 8.69. The van der Waals surface area contributed by atoms with Crippen molar-refractivity contribution in [3.8, 4) is 11.8 Å². The fourth-order valence-corrected chi connectivity index (χ4v) is 4.50. The van der Waals surface area contributed by atoms with E-state index in [1.54, 1.807) is 11.3 Å². The van der Waals surface area contributed by atoms with E-state index in [9.17, 15) is 10.1 Å². The predicted octanol–water partition coefficient (Wildman–Crippen LogP) is 4.54. The van der Waals surface area contributed by atoms with Crippen LogP contribution in [0.25, 0.3) is 0 Å². The van der Waals surface area contributed by atoms with E-state index >= 15 is 0 Å². The van der Waals surface area contributed by atoms with Crippen molar-refractivity contribution in [2.24, 2.45) is 5.92 Å². The summed E-state index contributed by atoms with van der Waals surface area (Å²) < 4.78 is 5.80. The van der Waals surface area contributed by atoms with Crippen molar-refractivity contribution in [2.45, 2.75) is 45.6 Å². The largest absolute Gasteiger partial charge is 0.481 e. The van der Waals surface area contributed by atoms with Crippen LogP contribution in [0.15, 0.2) is 30.3 Å². The number of hydrogen-bond acceptors (Lipinski definition) is 4.